The van der Waals surface area contributed by atoms with Crippen LogP contribution >= 0.6 is 45.2 Å². The highest BCUT2D eigenvalue weighted by Gasteiger charge is 2.45. The van der Waals surface area contributed by atoms with E-state index in [0.29, 0.717) is 55.8 Å². The Labute approximate surface area is 908 Å². The number of halogens is 1. The molecule has 0 aromatic rings. The fraction of sp³-hybridized carbons (Fsp3) is 0.726. The van der Waals surface area contributed by atoms with Gasteiger partial charge in [0.25, 0.3) is 0 Å². The maximum atomic E-state index is 12.0. The smallest absolute Gasteiger partial charge is 0.355 e. The van der Waals surface area contributed by atoms with Gasteiger partial charge in [-0.05, 0) is 239 Å². The standard InChI is InChI=1S/C20H34O3Si.C17H32OSi.C16H30O2Si.C16H28O2Si.C16H32O2Si.C13H16O2.C8H17O5P.C2H6O.C2H6.CH4O.CH5P.CH4.ClH.H2P2S/c1-11-15(2)14-17(4)18(13-12-16(3)19(21)22-8)23-24(9,10)20(5,6)7;1-10-12-16(15(4)13-14(3)11-2)18-19(8,9)17(5,6)7;2*1-9-13(2)12-14(3)15(10-11-17)18-19(7,8)16(4,5)6;1-9-10-15(14(3)11-13(2)12-17)18-19(7,8)16(4,5)6;1-5-9(2)8-11(4)12-7-6-10(3)13(14)15-12;1-5-12-14(10,13-6-2)7(3)8(9)11-4;1-2-3;3*1-2;;;1-2-3/h1,12,14,17-18H,13H2,2-10H3;2,13,15-16H,10,12H2,1,3-9H3;1,12,14-15,17H,10-11H2,2-8H3;1,11-12,14-15H,10H2,2-8H3;11-12,14-15H,9-10H2,1-8H3;1,6,8,11-12H,7H2,2-4H3;7H,5-6H2,1-4H3;3H,2H2,1H3;1-2H3;2H,1H3;2H2,1H3;1H4;1H;1H2/p+1/b15-14+,16-12-;14-13+;2*13-12+;13-11+;9-8+;;;;;;;;/t17-,18-;15-,16-;3*14-,15-;11-,12-;;;;;;;;/m000000......../s1/i;;;;;;;;1D;;1D;;;/hT. The molecular weight excluding hydrogens is 1990 g/mol. The lowest BCUT2D eigenvalue weighted by Gasteiger charge is -2.40. The van der Waals surface area contributed by atoms with Crippen molar-refractivity contribution in [3.63, 3.8) is 0 Å². The van der Waals surface area contributed by atoms with E-state index in [2.05, 4.69) is 300 Å². The summed E-state index contributed by atoms with van der Waals surface area (Å²) in [6.07, 6.45) is 52.2. The van der Waals surface area contributed by atoms with Crippen molar-refractivity contribution in [2.24, 2.45) is 35.5 Å². The number of methoxy groups -OCH3 is 2. The zero-order valence-corrected chi connectivity index (χ0v) is 110. The Morgan fingerprint density at radius 3 is 1.05 bits per heavy atom. The number of esters is 3. The Balaban J connectivity index is -0.000000126. The molecule has 0 bridgehead atoms. The van der Waals surface area contributed by atoms with E-state index in [1.807, 2.05) is 78.8 Å². The summed E-state index contributed by atoms with van der Waals surface area (Å²) < 4.78 is 87.7. The van der Waals surface area contributed by atoms with Gasteiger partial charge in [-0.1, -0.05) is 278 Å². The molecule has 30 heteroatoms. The van der Waals surface area contributed by atoms with Crippen molar-refractivity contribution in [1.29, 1.82) is 1.28 Å². The number of cyclic esters (lactones) is 1. The van der Waals surface area contributed by atoms with Crippen molar-refractivity contribution in [3.05, 3.63) is 93.2 Å². The summed E-state index contributed by atoms with van der Waals surface area (Å²) in [7, 11) is -4.35. The number of ether oxygens (including phenoxy) is 3. The van der Waals surface area contributed by atoms with Crippen molar-refractivity contribution >= 4 is 129 Å². The summed E-state index contributed by atoms with van der Waals surface area (Å²) in [5, 5.41) is 24.7. The second-order valence-electron chi connectivity index (χ2n) is 42.4. The highest BCUT2D eigenvalue weighted by Crippen LogP contribution is 2.53. The number of allylic oxidation sites excluding steroid dienone is 6. The average Bonchev–Trinajstić information content (AvgIpc) is 0.831. The molecule has 4 unspecified atom stereocenters. The number of terminal acetylenes is 5. The minimum atomic E-state index is -3.36. The van der Waals surface area contributed by atoms with Gasteiger partial charge in [0.15, 0.2) is 66.0 Å². The van der Waals surface area contributed by atoms with E-state index in [1.54, 1.807) is 41.5 Å². The monoisotopic (exact) mass is 2210 g/mol. The second kappa shape index (κ2) is 87.6. The van der Waals surface area contributed by atoms with Crippen LogP contribution in [-0.2, 0) is 85.7 Å². The van der Waals surface area contributed by atoms with Crippen molar-refractivity contribution in [2.75, 3.05) is 54.4 Å². The van der Waals surface area contributed by atoms with E-state index in [-0.39, 0.29) is 144 Å². The summed E-state index contributed by atoms with van der Waals surface area (Å²) in [5.74, 6) is 13.4. The van der Waals surface area contributed by atoms with E-state index < -0.39 is 67.8 Å². The molecule has 143 heavy (non-hydrogen) atoms. The van der Waals surface area contributed by atoms with Crippen LogP contribution in [0.4, 0.5) is 0 Å². The van der Waals surface area contributed by atoms with Crippen LogP contribution in [0.1, 0.15) is 318 Å². The molecule has 0 radical (unpaired) electrons. The Hall–Kier alpha value is -3.95. The van der Waals surface area contributed by atoms with E-state index >= 15 is 0 Å². The van der Waals surface area contributed by atoms with Crippen LogP contribution in [0.5, 0.6) is 0 Å². The summed E-state index contributed by atoms with van der Waals surface area (Å²) in [6.45, 7) is 97.5. The van der Waals surface area contributed by atoms with Crippen molar-refractivity contribution in [1.82, 2.24) is 0 Å². The fourth-order valence-electron chi connectivity index (χ4n) is 11.3. The third kappa shape index (κ3) is 77.1. The fourth-order valence-corrected chi connectivity index (χ4v) is 20.1. The first kappa shape index (κ1) is 159. The van der Waals surface area contributed by atoms with Crippen molar-refractivity contribution in [2.45, 2.75) is 448 Å². The summed E-state index contributed by atoms with van der Waals surface area (Å²) in [6, 6.07) is 0. The van der Waals surface area contributed by atoms with E-state index in [1.165, 1.54) is 21.1 Å². The zero-order valence-electron chi connectivity index (χ0n) is 102. The Morgan fingerprint density at radius 2 is 0.818 bits per heavy atom. The molecule has 0 saturated carbocycles. The van der Waals surface area contributed by atoms with Gasteiger partial charge in [-0.25, -0.2) is 9.59 Å². The SMILES string of the molecule is C.C#C/C(C)=C/[C@H](C)[C@@H]1CC=C(C)C(=O)O1.C#C/C(C)=C/[C@H](C)[C@H](C/C=C(/C)C(=O)OC)O[Si](C)(C)C(C)(C)C.C#C/C(C)=C/[C@H](C)[C@H](CC=O)O[Si](C)(C)C(C)(C)C.C#C/C(C)=C/[C@H](C)[C@H](CCC)O[Si](C)(C)C(C)(C)C.C#C/C(C)=C/[C@H](C)[C@H](CCO)O[Si](C)(C)C(C)(C)C.CCC[C@H](O[Si](C)(C)C(C)(C)C)[C@@H](C)/C=C(\C)C=O.CCO.CCOP(=O)(OCC)C(C)C(=O)OC.CO.Cl.[2H]CC.[2H]CP.[3H][P+](P)=S. The lowest BCUT2D eigenvalue weighted by Crippen LogP contribution is -2.45. The normalized spacial score (nSPS) is 16.3. The number of aldehydes is 2. The Morgan fingerprint density at radius 1 is 0.559 bits per heavy atom. The number of carbonyl (C=O) groups is 5. The maximum absolute atomic E-state index is 12.0. The van der Waals surface area contributed by atoms with E-state index in [0.717, 1.165) is 85.2 Å². The van der Waals surface area contributed by atoms with Gasteiger partial charge in [-0.3, -0.25) is 14.2 Å². The van der Waals surface area contributed by atoms with Crippen LogP contribution in [-0.4, -0.2) is 185 Å². The predicted octanol–water partition coefficient (Wildman–Crippen LogP) is 31.0. The molecule has 0 aromatic carbocycles. The van der Waals surface area contributed by atoms with Gasteiger partial charge in [0.2, 0.25) is 0 Å². The molecule has 19 nitrogen and oxygen atoms in total. The first-order valence-corrected chi connectivity index (χ1v) is 70.0. The lowest BCUT2D eigenvalue weighted by atomic mass is 9.96. The summed E-state index contributed by atoms with van der Waals surface area (Å²) in [5.41, 5.74) is 5.82. The Kier molecular flexibility index (Phi) is 97.5. The third-order valence-electron chi connectivity index (χ3n) is 25.1. The minimum Gasteiger partial charge on any atom is -0.468 e. The highest BCUT2D eigenvalue weighted by atomic mass is 35.5. The van der Waals surface area contributed by atoms with Gasteiger partial charge in [-0.2, -0.15) is 0 Å². The highest BCUT2D eigenvalue weighted by molar-refractivity contribution is 8.24. The largest absolute Gasteiger partial charge is 0.468 e. The molecule has 1 aliphatic heterocycles. The average molecular weight is 2220 g/mol. The molecule has 0 aromatic heterocycles. The molecular formula is C113H218ClO19P4SSi5+. The summed E-state index contributed by atoms with van der Waals surface area (Å²) >= 11 is 4.31. The topological polar surface area (TPSA) is 255 Å². The van der Waals surface area contributed by atoms with Gasteiger partial charge in [-0.15, -0.1) is 53.8 Å². The van der Waals surface area contributed by atoms with Crippen LogP contribution in [0.3, 0.4) is 0 Å². The molecule has 0 amide bonds. The van der Waals surface area contributed by atoms with Crippen LogP contribution in [0, 0.1) is 97.2 Å². The predicted molar refractivity (Wildman–Crippen MR) is 649 cm³/mol. The molecule has 836 valence electrons. The molecule has 1 heterocycles. The number of aliphatic hydroxyl groups excluding tert-OH is 3. The number of hydrogen-bond donors (Lipinski definition) is 3. The first-order valence-electron chi connectivity index (χ1n) is 51.4. The van der Waals surface area contributed by atoms with Crippen molar-refractivity contribution < 1.29 is 92.0 Å². The minimum absolute atomic E-state index is 0. The zero-order chi connectivity index (χ0) is 117. The quantitative estimate of drug-likeness (QED) is 0.00980. The third-order valence-corrected chi connectivity index (χ3v) is 50.0. The van der Waals surface area contributed by atoms with E-state index in [4.69, 9.17) is 87.0 Å². The molecule has 1 rings (SSSR count). The summed E-state index contributed by atoms with van der Waals surface area (Å²) in [4.78, 5) is 55.7. The number of carbonyl (C=O) groups excluding carboxylic acids is 5. The van der Waals surface area contributed by atoms with Gasteiger partial charge in [0.05, 0.1) is 66.9 Å². The first-order chi connectivity index (χ1) is 65.6. The molecule has 0 fully saturated rings. The van der Waals surface area contributed by atoms with Gasteiger partial charge in [0, 0.05) is 76.6 Å². The molecule has 1 aliphatic rings. The van der Waals surface area contributed by atoms with E-state index in [9.17, 15) is 33.6 Å². The number of aliphatic hydroxyl groups is 3. The van der Waals surface area contributed by atoms with Crippen LogP contribution in [0.15, 0.2) is 93.2 Å². The maximum Gasteiger partial charge on any atom is 0.355 e. The van der Waals surface area contributed by atoms with Gasteiger partial charge < -0.3 is 65.5 Å². The van der Waals surface area contributed by atoms with Crippen LogP contribution < -0.4 is 0 Å². The molecule has 0 spiro atoms. The van der Waals surface area contributed by atoms with Gasteiger partial charge >= 0.3 is 26.8 Å². The van der Waals surface area contributed by atoms with Crippen LogP contribution in [0.25, 0.3) is 0 Å². The van der Waals surface area contributed by atoms with Crippen LogP contribution in [0.2, 0.25) is 90.7 Å². The lowest BCUT2D eigenvalue weighted by molar-refractivity contribution is -0.147. The van der Waals surface area contributed by atoms with Gasteiger partial charge in [0.1, 0.15) is 18.7 Å². The Bertz CT molecular complexity index is 4010. The van der Waals surface area contributed by atoms with Crippen molar-refractivity contribution in [3.8, 4) is 61.7 Å². The molecule has 3 N–H and O–H groups in total. The number of rotatable bonds is 40. The second-order valence-corrected chi connectivity index (χ2v) is 71.3. The molecule has 0 saturated heterocycles. The molecule has 16 atom stereocenters. The molecule has 0 aliphatic carbocycles. The number of hydrogen-bond acceptors (Lipinski definition) is 20.